The van der Waals surface area contributed by atoms with Gasteiger partial charge in [0, 0.05) is 22.6 Å². The predicted octanol–water partition coefficient (Wildman–Crippen LogP) is 3.43. The van der Waals surface area contributed by atoms with Gasteiger partial charge in [0.05, 0.1) is 0 Å². The van der Waals surface area contributed by atoms with Crippen LogP contribution < -0.4 is 5.32 Å². The summed E-state index contributed by atoms with van der Waals surface area (Å²) in [6.07, 6.45) is 2.52. The normalized spacial score (nSPS) is 12.8. The van der Waals surface area contributed by atoms with E-state index >= 15 is 0 Å². The second-order valence-corrected chi connectivity index (χ2v) is 6.86. The first-order chi connectivity index (χ1) is 10.1. The summed E-state index contributed by atoms with van der Waals surface area (Å²) in [5.41, 5.74) is 1.30. The van der Waals surface area contributed by atoms with E-state index in [1.807, 2.05) is 4.68 Å². The second kappa shape index (κ2) is 7.89. The topological polar surface area (TPSA) is 42.7 Å². The Hall–Kier alpha value is -0.950. The lowest BCUT2D eigenvalue weighted by atomic mass is 10.0. The SMILES string of the molecule is CCNC(Cc1ncnn1CC(C)C)c1ccc(I)cc1. The fourth-order valence-corrected chi connectivity index (χ4v) is 2.74. The Bertz CT molecular complexity index is 548. The Morgan fingerprint density at radius 2 is 1.95 bits per heavy atom. The van der Waals surface area contributed by atoms with Crippen LogP contribution in [0.3, 0.4) is 0 Å². The molecule has 0 aliphatic heterocycles. The number of hydrogen-bond acceptors (Lipinski definition) is 3. The molecule has 2 rings (SSSR count). The van der Waals surface area contributed by atoms with Gasteiger partial charge in [0.25, 0.3) is 0 Å². The van der Waals surface area contributed by atoms with Gasteiger partial charge in [0.1, 0.15) is 12.2 Å². The number of aromatic nitrogens is 3. The van der Waals surface area contributed by atoms with Gasteiger partial charge < -0.3 is 5.32 Å². The van der Waals surface area contributed by atoms with E-state index in [-0.39, 0.29) is 6.04 Å². The van der Waals surface area contributed by atoms with E-state index in [0.29, 0.717) is 5.92 Å². The van der Waals surface area contributed by atoms with Gasteiger partial charge in [-0.3, -0.25) is 0 Å². The van der Waals surface area contributed by atoms with Crippen molar-refractivity contribution in [3.05, 3.63) is 45.6 Å². The quantitative estimate of drug-likeness (QED) is 0.727. The molecule has 114 valence electrons. The summed E-state index contributed by atoms with van der Waals surface area (Å²) < 4.78 is 3.29. The van der Waals surface area contributed by atoms with Crippen LogP contribution in [0.2, 0.25) is 0 Å². The molecule has 0 saturated carbocycles. The molecule has 1 unspecified atom stereocenters. The van der Waals surface area contributed by atoms with Crippen molar-refractivity contribution < 1.29 is 0 Å². The predicted molar refractivity (Wildman–Crippen MR) is 94.1 cm³/mol. The lowest BCUT2D eigenvalue weighted by Crippen LogP contribution is -2.25. The van der Waals surface area contributed by atoms with Crippen molar-refractivity contribution in [2.45, 2.75) is 39.8 Å². The Morgan fingerprint density at radius 3 is 2.57 bits per heavy atom. The lowest BCUT2D eigenvalue weighted by molar-refractivity contribution is 0.446. The summed E-state index contributed by atoms with van der Waals surface area (Å²) >= 11 is 2.34. The average Bonchev–Trinajstić information content (AvgIpc) is 2.86. The van der Waals surface area contributed by atoms with Crippen LogP contribution in [-0.4, -0.2) is 21.3 Å². The average molecular weight is 398 g/mol. The van der Waals surface area contributed by atoms with Gasteiger partial charge in [-0.15, -0.1) is 0 Å². The van der Waals surface area contributed by atoms with E-state index in [1.165, 1.54) is 9.13 Å². The molecule has 4 nitrogen and oxygen atoms in total. The van der Waals surface area contributed by atoms with E-state index in [2.05, 4.69) is 83.0 Å². The molecule has 0 aliphatic carbocycles. The highest BCUT2D eigenvalue weighted by Crippen LogP contribution is 2.19. The third-order valence-corrected chi connectivity index (χ3v) is 4.06. The third kappa shape index (κ3) is 4.78. The van der Waals surface area contributed by atoms with Crippen LogP contribution in [0.15, 0.2) is 30.6 Å². The Balaban J connectivity index is 2.16. The van der Waals surface area contributed by atoms with Crippen molar-refractivity contribution in [3.63, 3.8) is 0 Å². The van der Waals surface area contributed by atoms with Crippen LogP contribution >= 0.6 is 22.6 Å². The van der Waals surface area contributed by atoms with Gasteiger partial charge in [0.15, 0.2) is 0 Å². The highest BCUT2D eigenvalue weighted by atomic mass is 127. The number of likely N-dealkylation sites (N-methyl/N-ethyl adjacent to an activating group) is 1. The van der Waals surface area contributed by atoms with Crippen molar-refractivity contribution >= 4 is 22.6 Å². The molecule has 1 atom stereocenters. The van der Waals surface area contributed by atoms with Crippen LogP contribution in [0, 0.1) is 9.49 Å². The molecule has 0 amide bonds. The fourth-order valence-electron chi connectivity index (χ4n) is 2.38. The number of nitrogens with zero attached hydrogens (tertiary/aromatic N) is 3. The van der Waals surface area contributed by atoms with Gasteiger partial charge in [-0.2, -0.15) is 5.10 Å². The highest BCUT2D eigenvalue weighted by Gasteiger charge is 2.15. The first-order valence-electron chi connectivity index (χ1n) is 7.45. The number of nitrogens with one attached hydrogen (secondary N) is 1. The van der Waals surface area contributed by atoms with E-state index < -0.39 is 0 Å². The molecule has 0 saturated heterocycles. The zero-order chi connectivity index (χ0) is 15.2. The van der Waals surface area contributed by atoms with Crippen LogP contribution in [0.4, 0.5) is 0 Å². The van der Waals surface area contributed by atoms with Crippen LogP contribution in [-0.2, 0) is 13.0 Å². The molecule has 0 radical (unpaired) electrons. The third-order valence-electron chi connectivity index (χ3n) is 3.34. The van der Waals surface area contributed by atoms with Crippen molar-refractivity contribution in [2.24, 2.45) is 5.92 Å². The summed E-state index contributed by atoms with van der Waals surface area (Å²) in [5, 5.41) is 7.91. The maximum Gasteiger partial charge on any atom is 0.138 e. The number of halogens is 1. The Labute approximate surface area is 140 Å². The Kier molecular flexibility index (Phi) is 6.17. The standard InChI is InChI=1S/C16H23IN4/c1-4-18-15(13-5-7-14(17)8-6-13)9-16-19-11-20-21(16)10-12(2)3/h5-8,11-12,15,18H,4,9-10H2,1-3H3. The zero-order valence-electron chi connectivity index (χ0n) is 12.9. The smallest absolute Gasteiger partial charge is 0.138 e. The molecular weight excluding hydrogens is 375 g/mol. The maximum atomic E-state index is 4.44. The fraction of sp³-hybridized carbons (Fsp3) is 0.500. The lowest BCUT2D eigenvalue weighted by Gasteiger charge is -2.19. The largest absolute Gasteiger partial charge is 0.310 e. The molecule has 1 heterocycles. The van der Waals surface area contributed by atoms with Crippen LogP contribution in [0.5, 0.6) is 0 Å². The molecule has 0 fully saturated rings. The summed E-state index contributed by atoms with van der Waals surface area (Å²) in [4.78, 5) is 4.44. The van der Waals surface area contributed by atoms with E-state index in [0.717, 1.165) is 25.3 Å². The number of benzene rings is 1. The van der Waals surface area contributed by atoms with E-state index in [1.54, 1.807) is 6.33 Å². The molecule has 21 heavy (non-hydrogen) atoms. The van der Waals surface area contributed by atoms with Gasteiger partial charge in [0.2, 0.25) is 0 Å². The first-order valence-corrected chi connectivity index (χ1v) is 8.53. The number of rotatable bonds is 7. The first kappa shape index (κ1) is 16.4. The van der Waals surface area contributed by atoms with Gasteiger partial charge in [-0.05, 0) is 52.7 Å². The monoisotopic (exact) mass is 398 g/mol. The highest BCUT2D eigenvalue weighted by molar-refractivity contribution is 14.1. The molecule has 0 spiro atoms. The van der Waals surface area contributed by atoms with E-state index in [4.69, 9.17) is 0 Å². The number of hydrogen-bond donors (Lipinski definition) is 1. The Morgan fingerprint density at radius 1 is 1.24 bits per heavy atom. The van der Waals surface area contributed by atoms with Gasteiger partial charge in [-0.1, -0.05) is 32.9 Å². The van der Waals surface area contributed by atoms with Gasteiger partial charge >= 0.3 is 0 Å². The zero-order valence-corrected chi connectivity index (χ0v) is 15.0. The van der Waals surface area contributed by atoms with E-state index in [9.17, 15) is 0 Å². The van der Waals surface area contributed by atoms with Crippen molar-refractivity contribution in [2.75, 3.05) is 6.54 Å². The minimum absolute atomic E-state index is 0.280. The molecule has 0 aliphatic rings. The minimum Gasteiger partial charge on any atom is -0.310 e. The van der Waals surface area contributed by atoms with Crippen molar-refractivity contribution in [3.8, 4) is 0 Å². The molecule has 1 aromatic heterocycles. The van der Waals surface area contributed by atoms with Gasteiger partial charge in [-0.25, -0.2) is 9.67 Å². The molecule has 0 bridgehead atoms. The van der Waals surface area contributed by atoms with Crippen molar-refractivity contribution in [1.82, 2.24) is 20.1 Å². The maximum absolute atomic E-state index is 4.44. The minimum atomic E-state index is 0.280. The van der Waals surface area contributed by atoms with Crippen molar-refractivity contribution in [1.29, 1.82) is 0 Å². The summed E-state index contributed by atoms with van der Waals surface area (Å²) in [6, 6.07) is 8.97. The molecule has 5 heteroatoms. The summed E-state index contributed by atoms with van der Waals surface area (Å²) in [5.74, 6) is 1.62. The molecular formula is C16H23IN4. The summed E-state index contributed by atoms with van der Waals surface area (Å²) in [7, 11) is 0. The summed E-state index contributed by atoms with van der Waals surface area (Å²) in [6.45, 7) is 8.40. The van der Waals surface area contributed by atoms with Crippen LogP contribution in [0.25, 0.3) is 0 Å². The molecule has 1 N–H and O–H groups in total. The van der Waals surface area contributed by atoms with Crippen LogP contribution in [0.1, 0.15) is 38.2 Å². The second-order valence-electron chi connectivity index (χ2n) is 5.62. The molecule has 2 aromatic rings. The molecule has 1 aromatic carbocycles.